The maximum absolute atomic E-state index is 12.2. The lowest BCUT2D eigenvalue weighted by atomic mass is 10.2. The average molecular weight is 381 g/mol. The summed E-state index contributed by atoms with van der Waals surface area (Å²) in [5.74, 6) is 1.14. The highest BCUT2D eigenvalue weighted by Gasteiger charge is 2.27. The number of carbonyl (C=O) groups is 2. The topological polar surface area (TPSA) is 101 Å². The molecule has 25 heavy (non-hydrogen) atoms. The summed E-state index contributed by atoms with van der Waals surface area (Å²) in [5.41, 5.74) is -1.60. The molecule has 0 fully saturated rings. The number of hydroxylamine groups is 2. The Morgan fingerprint density at radius 1 is 0.960 bits per heavy atom. The number of amides is 1. The summed E-state index contributed by atoms with van der Waals surface area (Å²) >= 11 is 0. The monoisotopic (exact) mass is 381 g/mol. The van der Waals surface area contributed by atoms with Crippen molar-refractivity contribution in [1.29, 1.82) is 0 Å². The molecule has 0 aliphatic rings. The Labute approximate surface area is 148 Å². The third-order valence-electron chi connectivity index (χ3n) is 2.24. The molecule has 0 aliphatic carbocycles. The quantitative estimate of drug-likeness (QED) is 0.399. The molecule has 0 aromatic carbocycles. The van der Waals surface area contributed by atoms with Crippen molar-refractivity contribution in [3.63, 3.8) is 0 Å². The molecular formula is C15H28NO8P. The van der Waals surface area contributed by atoms with E-state index in [1.807, 2.05) is 0 Å². The first-order chi connectivity index (χ1) is 11.2. The SMILES string of the molecule is COP(=O)(/C=C/CN(OC(=O)OC(C)(C)C)C(=O)OC(C)(C)C)OC. The predicted octanol–water partition coefficient (Wildman–Crippen LogP) is 4.09. The van der Waals surface area contributed by atoms with E-state index < -0.39 is 31.0 Å². The molecule has 0 N–H and O–H groups in total. The highest BCUT2D eigenvalue weighted by atomic mass is 31.2. The minimum absolute atomic E-state index is 0.245. The number of hydrogen-bond donors (Lipinski definition) is 0. The van der Waals surface area contributed by atoms with E-state index in [1.165, 1.54) is 20.3 Å². The first-order valence-corrected chi connectivity index (χ1v) is 9.13. The van der Waals surface area contributed by atoms with Crippen molar-refractivity contribution in [3.8, 4) is 0 Å². The first kappa shape index (κ1) is 23.4. The van der Waals surface area contributed by atoms with Crippen molar-refractivity contribution in [3.05, 3.63) is 11.9 Å². The Kier molecular flexibility index (Phi) is 8.64. The number of hydrogen-bond acceptors (Lipinski definition) is 8. The Morgan fingerprint density at radius 2 is 1.44 bits per heavy atom. The molecule has 10 heteroatoms. The smallest absolute Gasteiger partial charge is 0.442 e. The van der Waals surface area contributed by atoms with Crippen molar-refractivity contribution >= 4 is 19.8 Å². The minimum atomic E-state index is -3.41. The number of rotatable bonds is 5. The molecule has 9 nitrogen and oxygen atoms in total. The summed E-state index contributed by atoms with van der Waals surface area (Å²) in [6.07, 6.45) is -0.691. The van der Waals surface area contributed by atoms with Gasteiger partial charge in [-0.05, 0) is 41.5 Å². The van der Waals surface area contributed by atoms with E-state index >= 15 is 0 Å². The standard InChI is InChI=1S/C15H28NO8P/c1-14(2,3)22-12(17)16(24-13(18)23-15(4,5)6)10-9-11-25(19,20-7)21-8/h9,11H,10H2,1-8H3/b11-9+. The maximum Gasteiger partial charge on any atom is 0.534 e. The van der Waals surface area contributed by atoms with Crippen LogP contribution in [0.15, 0.2) is 11.9 Å². The Balaban J connectivity index is 5.14. The van der Waals surface area contributed by atoms with Crippen LogP contribution in [0.4, 0.5) is 9.59 Å². The Hall–Kier alpha value is -1.57. The fourth-order valence-electron chi connectivity index (χ4n) is 1.29. The maximum atomic E-state index is 12.2. The van der Waals surface area contributed by atoms with E-state index in [2.05, 4.69) is 0 Å². The van der Waals surface area contributed by atoms with Crippen molar-refractivity contribution in [1.82, 2.24) is 5.06 Å². The third-order valence-corrected chi connectivity index (χ3v) is 3.83. The van der Waals surface area contributed by atoms with Crippen molar-refractivity contribution in [2.24, 2.45) is 0 Å². The Bertz CT molecular complexity index is 525. The summed E-state index contributed by atoms with van der Waals surface area (Å²) in [7, 11) is -0.968. The summed E-state index contributed by atoms with van der Waals surface area (Å²) in [4.78, 5) is 28.8. The molecule has 0 aromatic heterocycles. The summed E-state index contributed by atoms with van der Waals surface area (Å²) in [5, 5.41) is 0.644. The van der Waals surface area contributed by atoms with E-state index in [4.69, 9.17) is 23.4 Å². The lowest BCUT2D eigenvalue weighted by Gasteiger charge is -2.26. The summed E-state index contributed by atoms with van der Waals surface area (Å²) < 4.78 is 31.6. The van der Waals surface area contributed by atoms with Gasteiger partial charge < -0.3 is 18.5 Å². The normalized spacial score (nSPS) is 12.8. The molecule has 0 aliphatic heterocycles. The zero-order chi connectivity index (χ0) is 19.9. The predicted molar refractivity (Wildman–Crippen MR) is 91.0 cm³/mol. The molecule has 1 amide bonds. The average Bonchev–Trinajstić information content (AvgIpc) is 2.42. The fourth-order valence-corrected chi connectivity index (χ4v) is 2.03. The van der Waals surface area contributed by atoms with E-state index in [-0.39, 0.29) is 6.54 Å². The van der Waals surface area contributed by atoms with Crippen LogP contribution in [0.1, 0.15) is 41.5 Å². The zero-order valence-electron chi connectivity index (χ0n) is 16.0. The molecule has 0 bridgehead atoms. The van der Waals surface area contributed by atoms with Gasteiger partial charge in [-0.2, -0.15) is 0 Å². The molecule has 0 rings (SSSR count). The van der Waals surface area contributed by atoms with Gasteiger partial charge >= 0.3 is 19.8 Å². The van der Waals surface area contributed by atoms with E-state index in [9.17, 15) is 14.2 Å². The van der Waals surface area contributed by atoms with Crippen LogP contribution < -0.4 is 0 Å². The van der Waals surface area contributed by atoms with E-state index in [0.717, 1.165) is 5.82 Å². The van der Waals surface area contributed by atoms with Crippen LogP contribution in [-0.2, 0) is 27.9 Å². The van der Waals surface area contributed by atoms with Gasteiger partial charge in [-0.25, -0.2) is 9.59 Å². The van der Waals surface area contributed by atoms with Crippen LogP contribution in [0.3, 0.4) is 0 Å². The van der Waals surface area contributed by atoms with Crippen molar-refractivity contribution < 1.29 is 37.5 Å². The lowest BCUT2D eigenvalue weighted by Crippen LogP contribution is -2.39. The lowest BCUT2D eigenvalue weighted by molar-refractivity contribution is -0.130. The molecule has 0 radical (unpaired) electrons. The van der Waals surface area contributed by atoms with Crippen LogP contribution >= 0.6 is 7.60 Å². The second-order valence-electron chi connectivity index (χ2n) is 6.89. The number of ether oxygens (including phenoxy) is 2. The molecule has 0 spiro atoms. The van der Waals surface area contributed by atoms with Crippen molar-refractivity contribution in [2.45, 2.75) is 52.7 Å². The van der Waals surface area contributed by atoms with Gasteiger partial charge in [0.05, 0.1) is 6.54 Å². The molecule has 0 unspecified atom stereocenters. The van der Waals surface area contributed by atoms with Gasteiger partial charge in [0.1, 0.15) is 11.2 Å². The largest absolute Gasteiger partial charge is 0.534 e. The van der Waals surface area contributed by atoms with Gasteiger partial charge in [-0.1, -0.05) is 6.08 Å². The highest BCUT2D eigenvalue weighted by molar-refractivity contribution is 7.57. The van der Waals surface area contributed by atoms with Gasteiger partial charge in [0.15, 0.2) is 0 Å². The van der Waals surface area contributed by atoms with Crippen molar-refractivity contribution in [2.75, 3.05) is 20.8 Å². The molecule has 0 heterocycles. The minimum Gasteiger partial charge on any atom is -0.442 e. The molecule has 146 valence electrons. The molecule has 0 saturated carbocycles. The molecular weight excluding hydrogens is 353 g/mol. The van der Waals surface area contributed by atoms with Gasteiger partial charge in [0.25, 0.3) is 0 Å². The molecule has 0 aromatic rings. The van der Waals surface area contributed by atoms with Crippen LogP contribution in [0.25, 0.3) is 0 Å². The van der Waals surface area contributed by atoms with Gasteiger partial charge in [0, 0.05) is 20.0 Å². The van der Waals surface area contributed by atoms with Gasteiger partial charge in [-0.3, -0.25) is 9.40 Å². The zero-order valence-corrected chi connectivity index (χ0v) is 16.9. The number of carbonyl (C=O) groups excluding carboxylic acids is 2. The fraction of sp³-hybridized carbons (Fsp3) is 0.733. The molecule has 0 saturated heterocycles. The second-order valence-corrected chi connectivity index (χ2v) is 9.00. The summed E-state index contributed by atoms with van der Waals surface area (Å²) in [6.45, 7) is 9.70. The van der Waals surface area contributed by atoms with Crippen LogP contribution in [0, 0.1) is 0 Å². The first-order valence-electron chi connectivity index (χ1n) is 7.52. The summed E-state index contributed by atoms with van der Waals surface area (Å²) in [6, 6.07) is 0. The highest BCUT2D eigenvalue weighted by Crippen LogP contribution is 2.47. The van der Waals surface area contributed by atoms with Gasteiger partial charge in [0.2, 0.25) is 0 Å². The number of nitrogens with zero attached hydrogens (tertiary/aromatic N) is 1. The molecule has 0 atom stereocenters. The third kappa shape index (κ3) is 10.8. The van der Waals surface area contributed by atoms with Crippen LogP contribution in [-0.4, -0.2) is 49.3 Å². The van der Waals surface area contributed by atoms with E-state index in [0.29, 0.717) is 5.06 Å². The second kappa shape index (κ2) is 9.22. The van der Waals surface area contributed by atoms with Crippen LogP contribution in [0.2, 0.25) is 0 Å². The van der Waals surface area contributed by atoms with Crippen LogP contribution in [0.5, 0.6) is 0 Å². The van der Waals surface area contributed by atoms with E-state index in [1.54, 1.807) is 41.5 Å². The van der Waals surface area contributed by atoms with Gasteiger partial charge in [-0.15, -0.1) is 5.06 Å². The Morgan fingerprint density at radius 3 is 1.84 bits per heavy atom.